The number of Topliss-reactive ketones (excluding diaryl/α,β-unsaturated/α-hetero) is 2. The van der Waals surface area contributed by atoms with Crippen LogP contribution in [0.15, 0.2) is 0 Å². The van der Waals surface area contributed by atoms with Crippen molar-refractivity contribution >= 4 is 23.5 Å². The molecule has 0 aromatic heterocycles. The Morgan fingerprint density at radius 2 is 1.19 bits per heavy atom. The van der Waals surface area contributed by atoms with Crippen molar-refractivity contribution in [2.24, 2.45) is 0 Å². The van der Waals surface area contributed by atoms with Gasteiger partial charge in [0.05, 0.1) is 12.2 Å². The number of carboxylic acid groups (broad SMARTS) is 2. The molecule has 31 heavy (non-hydrogen) atoms. The van der Waals surface area contributed by atoms with Crippen molar-refractivity contribution < 1.29 is 65.7 Å². The smallest absolute Gasteiger partial charge is 0.550 e. The summed E-state index contributed by atoms with van der Waals surface area (Å²) < 4.78 is 10.5. The van der Waals surface area contributed by atoms with E-state index in [0.717, 1.165) is 0 Å². The Hall–Kier alpha value is -1.13. The topological polar surface area (TPSA) is 153 Å². The largest absolute Gasteiger partial charge is 2.00 e. The molecule has 180 valence electrons. The molecule has 1 unspecified atom stereocenters. The summed E-state index contributed by atoms with van der Waals surface area (Å²) in [5.41, 5.74) is 0. The Kier molecular flexibility index (Phi) is 26.5. The van der Waals surface area contributed by atoms with Crippen molar-refractivity contribution in [1.29, 1.82) is 0 Å². The van der Waals surface area contributed by atoms with Gasteiger partial charge in [-0.05, 0) is 47.5 Å². The third kappa shape index (κ3) is 36.6. The number of carboxylic acids is 2. The van der Waals surface area contributed by atoms with E-state index in [2.05, 4.69) is 0 Å². The van der Waals surface area contributed by atoms with Gasteiger partial charge in [-0.2, -0.15) is 0 Å². The number of carbonyl (C=O) groups excluding carboxylic acids is 4. The van der Waals surface area contributed by atoms with Crippen molar-refractivity contribution in [3.63, 3.8) is 0 Å². The minimum atomic E-state index is -1.28. The fraction of sp³-hybridized carbons (Fsp3) is 0.810. The fourth-order valence-electron chi connectivity index (χ4n) is 1.92. The minimum absolute atomic E-state index is 0. The summed E-state index contributed by atoms with van der Waals surface area (Å²) in [6, 6.07) is 0. The molecule has 0 aromatic carbocycles. The van der Waals surface area contributed by atoms with Crippen LogP contribution in [0.3, 0.4) is 0 Å². The van der Waals surface area contributed by atoms with Gasteiger partial charge in [0, 0.05) is 37.6 Å². The summed E-state index contributed by atoms with van der Waals surface area (Å²) in [7, 11) is 0. The molecule has 9 nitrogen and oxygen atoms in total. The molecular weight excluding hydrogens is 444 g/mol. The molecule has 0 saturated heterocycles. The summed E-state index contributed by atoms with van der Waals surface area (Å²) in [5, 5.41) is 29.1. The van der Waals surface area contributed by atoms with E-state index in [-0.39, 0.29) is 52.1 Å². The first-order chi connectivity index (χ1) is 13.7. The molecule has 0 aliphatic heterocycles. The molecule has 0 spiro atoms. The van der Waals surface area contributed by atoms with Gasteiger partial charge in [0.25, 0.3) is 0 Å². The standard InChI is InChI=1S/C9H20O3.2C6H10O3.Ti/c1-7(2)11-6-9(5,10)12-8(3)4;2*1-2-3-5(7)4-6(8)9;/h7-8,10H,6H2,1-5H3;2*2-4H2,1H3,(H,8,9);/q;;;+2/p-2. The Morgan fingerprint density at radius 1 is 0.839 bits per heavy atom. The zero-order valence-electron chi connectivity index (χ0n) is 19.8. The van der Waals surface area contributed by atoms with E-state index in [4.69, 9.17) is 9.47 Å². The third-order valence-corrected chi connectivity index (χ3v) is 2.91. The molecular formula is C21H38O9Ti. The van der Waals surface area contributed by atoms with Crippen LogP contribution in [0, 0.1) is 0 Å². The van der Waals surface area contributed by atoms with E-state index in [9.17, 15) is 34.5 Å². The van der Waals surface area contributed by atoms with Crippen molar-refractivity contribution in [2.75, 3.05) is 6.61 Å². The molecule has 0 fully saturated rings. The van der Waals surface area contributed by atoms with Gasteiger partial charge in [-0.3, -0.25) is 9.59 Å². The summed E-state index contributed by atoms with van der Waals surface area (Å²) in [6.45, 7) is 13.1. The molecule has 0 rings (SSSR count). The van der Waals surface area contributed by atoms with Crippen LogP contribution in [-0.2, 0) is 50.4 Å². The second kappa shape index (κ2) is 22.1. The van der Waals surface area contributed by atoms with E-state index in [0.29, 0.717) is 25.7 Å². The van der Waals surface area contributed by atoms with Crippen LogP contribution in [-0.4, -0.2) is 53.2 Å². The Bertz CT molecular complexity index is 473. The SMILES string of the molecule is CC(C)OCC(C)(O)OC(C)C.CCCC(=O)CC(=O)[O-].CCCC(=O)CC(=O)[O-].[Ti+2]. The first kappa shape index (κ1) is 37.2. The van der Waals surface area contributed by atoms with Crippen LogP contribution in [0.1, 0.15) is 87.0 Å². The number of hydrogen-bond acceptors (Lipinski definition) is 9. The van der Waals surface area contributed by atoms with Crippen LogP contribution in [0.4, 0.5) is 0 Å². The van der Waals surface area contributed by atoms with Crippen molar-refractivity contribution in [3.05, 3.63) is 0 Å². The first-order valence-electron chi connectivity index (χ1n) is 10.1. The van der Waals surface area contributed by atoms with Gasteiger partial charge in [0.15, 0.2) is 5.79 Å². The monoisotopic (exact) mass is 482 g/mol. The summed E-state index contributed by atoms with van der Waals surface area (Å²) in [4.78, 5) is 40.4. The maximum absolute atomic E-state index is 10.4. The minimum Gasteiger partial charge on any atom is -0.550 e. The second-order valence-electron chi connectivity index (χ2n) is 7.38. The van der Waals surface area contributed by atoms with Gasteiger partial charge in [0.2, 0.25) is 0 Å². The van der Waals surface area contributed by atoms with E-state index in [1.165, 1.54) is 0 Å². The van der Waals surface area contributed by atoms with Crippen LogP contribution >= 0.6 is 0 Å². The van der Waals surface area contributed by atoms with Gasteiger partial charge in [0.1, 0.15) is 18.2 Å². The molecule has 0 bridgehead atoms. The van der Waals surface area contributed by atoms with Crippen LogP contribution in [0.5, 0.6) is 0 Å². The molecule has 0 radical (unpaired) electrons. The first-order valence-corrected chi connectivity index (χ1v) is 10.1. The normalized spacial score (nSPS) is 11.8. The number of aliphatic hydroxyl groups is 1. The molecule has 0 aliphatic rings. The van der Waals surface area contributed by atoms with Crippen LogP contribution in [0.2, 0.25) is 0 Å². The van der Waals surface area contributed by atoms with Crippen molar-refractivity contribution in [1.82, 2.24) is 0 Å². The molecule has 0 heterocycles. The van der Waals surface area contributed by atoms with E-state index in [1.807, 2.05) is 41.5 Å². The fourth-order valence-corrected chi connectivity index (χ4v) is 1.92. The number of carbonyl (C=O) groups is 4. The summed E-state index contributed by atoms with van der Waals surface area (Å²) in [5.74, 6) is -4.24. The molecule has 1 atom stereocenters. The van der Waals surface area contributed by atoms with Crippen molar-refractivity contribution in [3.8, 4) is 0 Å². The molecule has 0 saturated carbocycles. The van der Waals surface area contributed by atoms with E-state index in [1.54, 1.807) is 6.92 Å². The van der Waals surface area contributed by atoms with E-state index >= 15 is 0 Å². The molecule has 0 amide bonds. The predicted octanol–water partition coefficient (Wildman–Crippen LogP) is 0.534. The summed E-state index contributed by atoms with van der Waals surface area (Å²) >= 11 is 0. The molecule has 0 aromatic rings. The number of rotatable bonds is 13. The van der Waals surface area contributed by atoms with Crippen LogP contribution in [0.25, 0.3) is 0 Å². The Balaban J connectivity index is -0.000000176. The van der Waals surface area contributed by atoms with Crippen molar-refractivity contribution in [2.45, 2.75) is 105 Å². The quantitative estimate of drug-likeness (QED) is 0.225. The average molecular weight is 482 g/mol. The average Bonchev–Trinajstić information content (AvgIpc) is 2.52. The van der Waals surface area contributed by atoms with Gasteiger partial charge in [-0.15, -0.1) is 0 Å². The Labute approximate surface area is 200 Å². The maximum Gasteiger partial charge on any atom is 2.00 e. The number of aliphatic carboxylic acids is 2. The summed E-state index contributed by atoms with van der Waals surface area (Å²) in [6.07, 6.45) is 1.34. The third-order valence-electron chi connectivity index (χ3n) is 2.91. The zero-order chi connectivity index (χ0) is 24.3. The van der Waals surface area contributed by atoms with Gasteiger partial charge in [-0.25, -0.2) is 0 Å². The second-order valence-corrected chi connectivity index (χ2v) is 7.38. The number of hydrogen-bond donors (Lipinski definition) is 1. The zero-order valence-corrected chi connectivity index (χ0v) is 21.4. The Morgan fingerprint density at radius 3 is 1.42 bits per heavy atom. The number of ether oxygens (including phenoxy) is 2. The van der Waals surface area contributed by atoms with Gasteiger partial charge in [-0.1, -0.05) is 13.8 Å². The predicted molar refractivity (Wildman–Crippen MR) is 107 cm³/mol. The van der Waals surface area contributed by atoms with Crippen LogP contribution < -0.4 is 10.2 Å². The number of ketones is 2. The van der Waals surface area contributed by atoms with Gasteiger partial charge >= 0.3 is 21.7 Å². The maximum atomic E-state index is 10.4. The van der Waals surface area contributed by atoms with Gasteiger partial charge < -0.3 is 34.4 Å². The molecule has 10 heteroatoms. The van der Waals surface area contributed by atoms with E-state index < -0.39 is 30.6 Å². The molecule has 0 aliphatic carbocycles. The molecule has 1 N–H and O–H groups in total.